The molecule has 1 saturated carbocycles. The average molecular weight is 496 g/mol. The number of nitrogens with zero attached hydrogens (tertiary/aromatic N) is 4. The molecule has 1 aliphatic carbocycles. The van der Waals surface area contributed by atoms with Gasteiger partial charge in [-0.15, -0.1) is 14.6 Å². The molecule has 1 aliphatic heterocycles. The van der Waals surface area contributed by atoms with Gasteiger partial charge >= 0.3 is 0 Å². The van der Waals surface area contributed by atoms with Gasteiger partial charge in [0.25, 0.3) is 10.0 Å². The molecular weight excluding hydrogens is 466 g/mol. The van der Waals surface area contributed by atoms with Crippen LogP contribution in [0.15, 0.2) is 63.0 Å². The molecule has 0 bridgehead atoms. The van der Waals surface area contributed by atoms with E-state index < -0.39 is 10.0 Å². The van der Waals surface area contributed by atoms with Gasteiger partial charge < -0.3 is 5.32 Å². The number of aromatic nitrogens is 3. The Morgan fingerprint density at radius 1 is 1.03 bits per heavy atom. The van der Waals surface area contributed by atoms with Crippen LogP contribution in [0.1, 0.15) is 58.1 Å². The van der Waals surface area contributed by atoms with Crippen LogP contribution in [0.3, 0.4) is 0 Å². The summed E-state index contributed by atoms with van der Waals surface area (Å²) in [6.07, 6.45) is 4.58. The summed E-state index contributed by atoms with van der Waals surface area (Å²) >= 11 is 1.47. The monoisotopic (exact) mass is 495 g/mol. The van der Waals surface area contributed by atoms with Crippen LogP contribution < -0.4 is 5.32 Å². The third kappa shape index (κ3) is 4.51. The number of sulfonamides is 1. The molecule has 0 spiro atoms. The number of thioether (sulfide) groups is 1. The van der Waals surface area contributed by atoms with Crippen molar-refractivity contribution < 1.29 is 8.42 Å². The molecule has 34 heavy (non-hydrogen) atoms. The van der Waals surface area contributed by atoms with Gasteiger partial charge in [0.1, 0.15) is 10.7 Å². The minimum Gasteiger partial charge on any atom is -0.341 e. The normalized spacial score (nSPS) is 17.8. The molecule has 1 fully saturated rings. The summed E-state index contributed by atoms with van der Waals surface area (Å²) in [6.45, 7) is 6.62. The van der Waals surface area contributed by atoms with E-state index in [1.54, 1.807) is 18.2 Å². The second kappa shape index (κ2) is 8.85. The number of para-hydroxylation sites is 1. The van der Waals surface area contributed by atoms with Crippen molar-refractivity contribution in [1.29, 1.82) is 0 Å². The third-order valence-electron chi connectivity index (χ3n) is 6.38. The lowest BCUT2D eigenvalue weighted by molar-refractivity contribution is 0.485. The van der Waals surface area contributed by atoms with E-state index in [2.05, 4.69) is 69.5 Å². The van der Waals surface area contributed by atoms with Crippen molar-refractivity contribution in [2.45, 2.75) is 68.0 Å². The van der Waals surface area contributed by atoms with Gasteiger partial charge in [0.05, 0.1) is 11.4 Å². The minimum atomic E-state index is -3.71. The fourth-order valence-electron chi connectivity index (χ4n) is 4.55. The molecule has 7 nitrogen and oxygen atoms in total. The van der Waals surface area contributed by atoms with Gasteiger partial charge in [-0.3, -0.25) is 4.57 Å². The predicted molar refractivity (Wildman–Crippen MR) is 137 cm³/mol. The van der Waals surface area contributed by atoms with Crippen LogP contribution in [0.25, 0.3) is 11.4 Å². The van der Waals surface area contributed by atoms with Crippen LogP contribution in [-0.2, 0) is 15.4 Å². The van der Waals surface area contributed by atoms with Gasteiger partial charge in [-0.05, 0) is 36.0 Å². The Kier molecular flexibility index (Phi) is 6.02. The van der Waals surface area contributed by atoms with Crippen LogP contribution in [0.2, 0.25) is 0 Å². The van der Waals surface area contributed by atoms with Crippen molar-refractivity contribution in [2.24, 2.45) is 4.40 Å². The molecule has 178 valence electrons. The minimum absolute atomic E-state index is 0.0886. The number of nitrogens with one attached hydrogen (secondary N) is 1. The molecule has 9 heteroatoms. The van der Waals surface area contributed by atoms with Crippen LogP contribution in [0.4, 0.5) is 5.69 Å². The van der Waals surface area contributed by atoms with Crippen molar-refractivity contribution >= 4 is 33.3 Å². The van der Waals surface area contributed by atoms with E-state index in [-0.39, 0.29) is 10.3 Å². The lowest BCUT2D eigenvalue weighted by Crippen LogP contribution is -2.23. The van der Waals surface area contributed by atoms with Gasteiger partial charge in [-0.1, -0.05) is 81.8 Å². The molecule has 0 unspecified atom stereocenters. The van der Waals surface area contributed by atoms with Crippen LogP contribution in [-0.4, -0.2) is 34.8 Å². The number of rotatable bonds is 5. The summed E-state index contributed by atoms with van der Waals surface area (Å²) in [5.74, 6) is 1.63. The van der Waals surface area contributed by atoms with E-state index in [0.717, 1.165) is 29.4 Å². The van der Waals surface area contributed by atoms with Crippen LogP contribution in [0.5, 0.6) is 0 Å². The highest BCUT2D eigenvalue weighted by molar-refractivity contribution is 8.00. The first kappa shape index (κ1) is 23.1. The molecule has 2 heterocycles. The van der Waals surface area contributed by atoms with E-state index >= 15 is 0 Å². The van der Waals surface area contributed by atoms with Crippen molar-refractivity contribution in [1.82, 2.24) is 14.8 Å². The number of anilines is 1. The quantitative estimate of drug-likeness (QED) is 0.459. The molecule has 3 aromatic rings. The number of fused-ring (bicyclic) bond motifs is 1. The smallest absolute Gasteiger partial charge is 0.286 e. The topological polar surface area (TPSA) is 89.2 Å². The SMILES string of the molecule is CC(C)(C)c1ccc(-c2nnc(SCC3=NS(=O)(=O)c4ccccc4N3)n2C2CCCC2)cc1. The van der Waals surface area contributed by atoms with Gasteiger partial charge in [0, 0.05) is 11.6 Å². The molecule has 0 atom stereocenters. The Balaban J connectivity index is 1.43. The molecule has 2 aromatic carbocycles. The zero-order chi connectivity index (χ0) is 23.9. The Bertz CT molecular complexity index is 1330. The summed E-state index contributed by atoms with van der Waals surface area (Å²) in [5.41, 5.74) is 2.97. The van der Waals surface area contributed by atoms with Crippen LogP contribution in [0, 0.1) is 0 Å². The summed E-state index contributed by atoms with van der Waals surface area (Å²) < 4.78 is 31.4. The van der Waals surface area contributed by atoms with E-state index in [0.29, 0.717) is 23.3 Å². The lowest BCUT2D eigenvalue weighted by atomic mass is 9.86. The summed E-state index contributed by atoms with van der Waals surface area (Å²) in [7, 11) is -3.71. The molecule has 1 N–H and O–H groups in total. The Hall–Kier alpha value is -2.65. The zero-order valence-electron chi connectivity index (χ0n) is 19.7. The molecule has 2 aliphatic rings. The summed E-state index contributed by atoms with van der Waals surface area (Å²) in [5, 5.41) is 13.0. The largest absolute Gasteiger partial charge is 0.341 e. The van der Waals surface area contributed by atoms with E-state index in [4.69, 9.17) is 0 Å². The van der Waals surface area contributed by atoms with Gasteiger partial charge in [-0.2, -0.15) is 8.42 Å². The Morgan fingerprint density at radius 3 is 2.44 bits per heavy atom. The van der Waals surface area contributed by atoms with Crippen molar-refractivity contribution in [2.75, 3.05) is 11.1 Å². The zero-order valence-corrected chi connectivity index (χ0v) is 21.3. The second-order valence-electron chi connectivity index (χ2n) is 9.86. The first-order valence-electron chi connectivity index (χ1n) is 11.6. The molecule has 1 aromatic heterocycles. The highest BCUT2D eigenvalue weighted by Gasteiger charge is 2.27. The maximum atomic E-state index is 12.6. The van der Waals surface area contributed by atoms with Gasteiger partial charge in [0.2, 0.25) is 0 Å². The standard InChI is InChI=1S/C25H29N5O2S2/c1-25(2,3)18-14-12-17(13-15-18)23-27-28-24(30(23)19-8-4-5-9-19)33-16-22-26-20-10-6-7-11-21(20)34(31,32)29-22/h6-7,10-15,19H,4-5,8-9,16H2,1-3H3,(H,26,29). The fourth-order valence-corrected chi connectivity index (χ4v) is 6.65. The third-order valence-corrected chi connectivity index (χ3v) is 8.70. The Labute approximate surface area is 205 Å². The van der Waals surface area contributed by atoms with E-state index in [9.17, 15) is 8.42 Å². The predicted octanol–water partition coefficient (Wildman–Crippen LogP) is 5.66. The fraction of sp³-hybridized carbons (Fsp3) is 0.400. The lowest BCUT2D eigenvalue weighted by Gasteiger charge is -2.20. The number of hydrogen-bond donors (Lipinski definition) is 1. The average Bonchev–Trinajstić information content (AvgIpc) is 3.46. The van der Waals surface area contributed by atoms with Gasteiger partial charge in [-0.25, -0.2) is 0 Å². The number of amidine groups is 1. The molecule has 0 amide bonds. The highest BCUT2D eigenvalue weighted by Crippen LogP contribution is 2.37. The number of hydrogen-bond acceptors (Lipinski definition) is 6. The first-order chi connectivity index (χ1) is 16.2. The number of benzene rings is 2. The highest BCUT2D eigenvalue weighted by atomic mass is 32.2. The molecule has 0 radical (unpaired) electrons. The maximum absolute atomic E-state index is 12.6. The van der Waals surface area contributed by atoms with E-state index in [1.807, 2.05) is 6.07 Å². The van der Waals surface area contributed by atoms with Crippen molar-refractivity contribution in [3.05, 3.63) is 54.1 Å². The summed E-state index contributed by atoms with van der Waals surface area (Å²) in [4.78, 5) is 0.207. The van der Waals surface area contributed by atoms with Gasteiger partial charge in [0.15, 0.2) is 11.0 Å². The first-order valence-corrected chi connectivity index (χ1v) is 14.0. The molecular formula is C25H29N5O2S2. The van der Waals surface area contributed by atoms with Crippen LogP contribution >= 0.6 is 11.8 Å². The molecule has 0 saturated heterocycles. The summed E-state index contributed by atoms with van der Waals surface area (Å²) in [6, 6.07) is 15.8. The van der Waals surface area contributed by atoms with Crippen molar-refractivity contribution in [3.63, 3.8) is 0 Å². The maximum Gasteiger partial charge on any atom is 0.286 e. The second-order valence-corrected chi connectivity index (χ2v) is 12.4. The molecule has 5 rings (SSSR count). The van der Waals surface area contributed by atoms with Crippen molar-refractivity contribution in [3.8, 4) is 11.4 Å². The van der Waals surface area contributed by atoms with E-state index in [1.165, 1.54) is 30.2 Å². The Morgan fingerprint density at radius 2 is 1.74 bits per heavy atom.